The van der Waals surface area contributed by atoms with Crippen molar-refractivity contribution >= 4 is 5.69 Å². The van der Waals surface area contributed by atoms with Gasteiger partial charge in [-0.3, -0.25) is 0 Å². The van der Waals surface area contributed by atoms with Gasteiger partial charge in [0.25, 0.3) is 0 Å². The summed E-state index contributed by atoms with van der Waals surface area (Å²) in [7, 11) is 0. The molecule has 0 aliphatic heterocycles. The molecule has 3 rings (SSSR count). The fourth-order valence-corrected chi connectivity index (χ4v) is 2.90. The van der Waals surface area contributed by atoms with Crippen LogP contribution in [0.15, 0.2) is 43.0 Å². The SMILES string of the molecule is c1ccc(-n2ccnc2)c(NCC2CCCCC2)c1. The highest BCUT2D eigenvalue weighted by atomic mass is 15.1. The second kappa shape index (κ2) is 5.91. The molecule has 0 atom stereocenters. The van der Waals surface area contributed by atoms with Gasteiger partial charge < -0.3 is 9.88 Å². The van der Waals surface area contributed by atoms with Crippen LogP contribution < -0.4 is 5.32 Å². The van der Waals surface area contributed by atoms with E-state index in [9.17, 15) is 0 Å². The summed E-state index contributed by atoms with van der Waals surface area (Å²) in [6.07, 6.45) is 12.6. The molecule has 1 saturated carbocycles. The quantitative estimate of drug-likeness (QED) is 0.899. The number of hydrogen-bond acceptors (Lipinski definition) is 2. The number of para-hydroxylation sites is 2. The maximum absolute atomic E-state index is 4.12. The Bertz CT molecular complexity index is 498. The molecule has 1 fully saturated rings. The lowest BCUT2D eigenvalue weighted by Crippen LogP contribution is -2.17. The summed E-state index contributed by atoms with van der Waals surface area (Å²) in [5.74, 6) is 0.838. The van der Waals surface area contributed by atoms with Gasteiger partial charge >= 0.3 is 0 Å². The van der Waals surface area contributed by atoms with Gasteiger partial charge in [-0.15, -0.1) is 0 Å². The Kier molecular flexibility index (Phi) is 3.82. The van der Waals surface area contributed by atoms with Crippen molar-refractivity contribution in [2.24, 2.45) is 5.92 Å². The van der Waals surface area contributed by atoms with Gasteiger partial charge in [-0.05, 0) is 30.9 Å². The van der Waals surface area contributed by atoms with Crippen LogP contribution in [0.1, 0.15) is 32.1 Å². The van der Waals surface area contributed by atoms with Crippen LogP contribution in [-0.4, -0.2) is 16.1 Å². The Morgan fingerprint density at radius 1 is 1.16 bits per heavy atom. The van der Waals surface area contributed by atoms with Gasteiger partial charge in [0.1, 0.15) is 0 Å². The zero-order valence-corrected chi connectivity index (χ0v) is 11.3. The van der Waals surface area contributed by atoms with Crippen molar-refractivity contribution in [2.75, 3.05) is 11.9 Å². The lowest BCUT2D eigenvalue weighted by Gasteiger charge is -2.23. The van der Waals surface area contributed by atoms with Crippen molar-refractivity contribution in [3.8, 4) is 5.69 Å². The molecule has 0 unspecified atom stereocenters. The second-order valence-electron chi connectivity index (χ2n) is 5.37. The molecule has 1 aliphatic rings. The zero-order valence-electron chi connectivity index (χ0n) is 11.3. The maximum Gasteiger partial charge on any atom is 0.0992 e. The molecular weight excluding hydrogens is 234 g/mol. The third-order valence-electron chi connectivity index (χ3n) is 3.99. The number of hydrogen-bond donors (Lipinski definition) is 1. The number of rotatable bonds is 4. The first kappa shape index (κ1) is 12.3. The molecule has 0 bridgehead atoms. The number of benzene rings is 1. The Labute approximate surface area is 114 Å². The van der Waals surface area contributed by atoms with Crippen LogP contribution in [0.3, 0.4) is 0 Å². The van der Waals surface area contributed by atoms with E-state index < -0.39 is 0 Å². The molecule has 3 nitrogen and oxygen atoms in total. The van der Waals surface area contributed by atoms with Gasteiger partial charge in [0, 0.05) is 18.9 Å². The topological polar surface area (TPSA) is 29.9 Å². The average Bonchev–Trinajstić information content (AvgIpc) is 3.01. The average molecular weight is 255 g/mol. The van der Waals surface area contributed by atoms with E-state index in [2.05, 4.69) is 39.1 Å². The molecule has 0 saturated heterocycles. The van der Waals surface area contributed by atoms with Crippen molar-refractivity contribution in [3.63, 3.8) is 0 Å². The summed E-state index contributed by atoms with van der Waals surface area (Å²) < 4.78 is 2.06. The minimum absolute atomic E-state index is 0.838. The van der Waals surface area contributed by atoms with Crippen LogP contribution in [0, 0.1) is 5.92 Å². The molecule has 1 N–H and O–H groups in total. The Hall–Kier alpha value is -1.77. The molecule has 1 aromatic heterocycles. The lowest BCUT2D eigenvalue weighted by molar-refractivity contribution is 0.373. The number of anilines is 1. The molecule has 1 heterocycles. The van der Waals surface area contributed by atoms with Crippen LogP contribution in [0.5, 0.6) is 0 Å². The number of nitrogens with zero attached hydrogens (tertiary/aromatic N) is 2. The van der Waals surface area contributed by atoms with Crippen molar-refractivity contribution in [3.05, 3.63) is 43.0 Å². The largest absolute Gasteiger partial charge is 0.383 e. The van der Waals surface area contributed by atoms with E-state index in [-0.39, 0.29) is 0 Å². The van der Waals surface area contributed by atoms with Crippen LogP contribution in [-0.2, 0) is 0 Å². The fraction of sp³-hybridized carbons (Fsp3) is 0.438. The molecule has 100 valence electrons. The predicted octanol–water partition coefficient (Wildman–Crippen LogP) is 3.86. The van der Waals surface area contributed by atoms with Crippen molar-refractivity contribution in [1.82, 2.24) is 9.55 Å². The minimum Gasteiger partial charge on any atom is -0.383 e. The monoisotopic (exact) mass is 255 g/mol. The standard InChI is InChI=1S/C16H21N3/c1-2-6-14(7-3-1)12-18-15-8-4-5-9-16(15)19-11-10-17-13-19/h4-5,8-11,13-14,18H,1-3,6-7,12H2. The normalized spacial score (nSPS) is 16.4. The predicted molar refractivity (Wildman–Crippen MR) is 78.6 cm³/mol. The van der Waals surface area contributed by atoms with E-state index in [1.54, 1.807) is 0 Å². The van der Waals surface area contributed by atoms with E-state index >= 15 is 0 Å². The number of imidazole rings is 1. The molecule has 2 aromatic rings. The molecule has 0 amide bonds. The Morgan fingerprint density at radius 2 is 2.00 bits per heavy atom. The first-order chi connectivity index (χ1) is 9.43. The summed E-state index contributed by atoms with van der Waals surface area (Å²) in [4.78, 5) is 4.12. The van der Waals surface area contributed by atoms with Gasteiger partial charge in [0.2, 0.25) is 0 Å². The summed E-state index contributed by atoms with van der Waals surface area (Å²) in [5, 5.41) is 3.62. The lowest BCUT2D eigenvalue weighted by atomic mass is 9.89. The van der Waals surface area contributed by atoms with Crippen molar-refractivity contribution in [2.45, 2.75) is 32.1 Å². The Balaban J connectivity index is 1.70. The zero-order chi connectivity index (χ0) is 12.9. The smallest absolute Gasteiger partial charge is 0.0992 e. The van der Waals surface area contributed by atoms with Crippen LogP contribution in [0.2, 0.25) is 0 Å². The maximum atomic E-state index is 4.12. The van der Waals surface area contributed by atoms with Gasteiger partial charge in [-0.2, -0.15) is 0 Å². The molecule has 3 heteroatoms. The number of aromatic nitrogens is 2. The molecule has 1 aromatic carbocycles. The van der Waals surface area contributed by atoms with E-state index in [1.165, 1.54) is 43.5 Å². The van der Waals surface area contributed by atoms with Gasteiger partial charge in [0.15, 0.2) is 0 Å². The summed E-state index contributed by atoms with van der Waals surface area (Å²) >= 11 is 0. The summed E-state index contributed by atoms with van der Waals surface area (Å²) in [6, 6.07) is 8.44. The van der Waals surface area contributed by atoms with E-state index in [0.29, 0.717) is 0 Å². The Morgan fingerprint density at radius 3 is 2.79 bits per heavy atom. The third kappa shape index (κ3) is 2.98. The molecular formula is C16H21N3. The van der Waals surface area contributed by atoms with E-state index in [0.717, 1.165) is 12.5 Å². The van der Waals surface area contributed by atoms with Crippen molar-refractivity contribution in [1.29, 1.82) is 0 Å². The van der Waals surface area contributed by atoms with Crippen molar-refractivity contribution < 1.29 is 0 Å². The van der Waals surface area contributed by atoms with E-state index in [1.807, 2.05) is 18.7 Å². The highest BCUT2D eigenvalue weighted by Gasteiger charge is 2.13. The van der Waals surface area contributed by atoms with Crippen LogP contribution in [0.25, 0.3) is 5.69 Å². The minimum atomic E-state index is 0.838. The summed E-state index contributed by atoms with van der Waals surface area (Å²) in [6.45, 7) is 1.09. The highest BCUT2D eigenvalue weighted by Crippen LogP contribution is 2.25. The third-order valence-corrected chi connectivity index (χ3v) is 3.99. The molecule has 1 aliphatic carbocycles. The number of nitrogens with one attached hydrogen (secondary N) is 1. The highest BCUT2D eigenvalue weighted by molar-refractivity contribution is 5.60. The van der Waals surface area contributed by atoms with Gasteiger partial charge in [0.05, 0.1) is 17.7 Å². The van der Waals surface area contributed by atoms with Crippen LogP contribution >= 0.6 is 0 Å². The van der Waals surface area contributed by atoms with E-state index in [4.69, 9.17) is 0 Å². The molecule has 19 heavy (non-hydrogen) atoms. The van der Waals surface area contributed by atoms with Gasteiger partial charge in [-0.1, -0.05) is 31.4 Å². The molecule has 0 spiro atoms. The second-order valence-corrected chi connectivity index (χ2v) is 5.37. The van der Waals surface area contributed by atoms with Crippen LogP contribution in [0.4, 0.5) is 5.69 Å². The first-order valence-corrected chi connectivity index (χ1v) is 7.25. The fourth-order valence-electron chi connectivity index (χ4n) is 2.90. The summed E-state index contributed by atoms with van der Waals surface area (Å²) in [5.41, 5.74) is 2.38. The molecule has 0 radical (unpaired) electrons. The van der Waals surface area contributed by atoms with Gasteiger partial charge in [-0.25, -0.2) is 4.98 Å². The first-order valence-electron chi connectivity index (χ1n) is 7.25.